The number of rotatable bonds is 6. The summed E-state index contributed by atoms with van der Waals surface area (Å²) in [6.07, 6.45) is 7.16. The second-order valence-electron chi connectivity index (χ2n) is 9.44. The van der Waals surface area contributed by atoms with Gasteiger partial charge < -0.3 is 18.9 Å². The molecule has 0 spiro atoms. The number of hydrogen-bond donors (Lipinski definition) is 0. The molecule has 1 amide bonds. The average Bonchev–Trinajstić information content (AvgIpc) is 3.20. The summed E-state index contributed by atoms with van der Waals surface area (Å²) in [6, 6.07) is 5.49. The molecule has 4 aliphatic rings. The van der Waals surface area contributed by atoms with Crippen molar-refractivity contribution in [3.63, 3.8) is 0 Å². The Morgan fingerprint density at radius 3 is 2.33 bits per heavy atom. The van der Waals surface area contributed by atoms with E-state index in [-0.39, 0.29) is 11.3 Å². The highest BCUT2D eigenvalue weighted by Crippen LogP contribution is 2.60. The Morgan fingerprint density at radius 2 is 1.73 bits per heavy atom. The Morgan fingerprint density at radius 1 is 1.10 bits per heavy atom. The first-order chi connectivity index (χ1) is 14.5. The van der Waals surface area contributed by atoms with E-state index in [4.69, 9.17) is 14.0 Å². The van der Waals surface area contributed by atoms with Crippen molar-refractivity contribution in [2.24, 2.45) is 23.2 Å². The van der Waals surface area contributed by atoms with Crippen LogP contribution in [0.5, 0.6) is 11.5 Å². The fraction of sp³-hybridized carbons (Fsp3) is 0.609. The van der Waals surface area contributed by atoms with Crippen LogP contribution in [0.15, 0.2) is 22.7 Å². The van der Waals surface area contributed by atoms with Crippen molar-refractivity contribution < 1.29 is 18.8 Å². The molecule has 1 aromatic heterocycles. The third-order valence-corrected chi connectivity index (χ3v) is 7.32. The van der Waals surface area contributed by atoms with Crippen molar-refractivity contribution in [2.75, 3.05) is 21.3 Å². The predicted octanol–water partition coefficient (Wildman–Crippen LogP) is 3.93. The van der Waals surface area contributed by atoms with Crippen molar-refractivity contribution >= 4 is 5.91 Å². The second-order valence-corrected chi connectivity index (χ2v) is 9.44. The molecule has 1 aromatic carbocycles. The highest BCUT2D eigenvalue weighted by molar-refractivity contribution is 5.83. The Labute approximate surface area is 176 Å². The summed E-state index contributed by atoms with van der Waals surface area (Å²) in [5.74, 6) is 4.66. The molecule has 2 aromatic rings. The van der Waals surface area contributed by atoms with Crippen LogP contribution in [-0.4, -0.2) is 42.2 Å². The van der Waals surface area contributed by atoms with Gasteiger partial charge in [-0.25, -0.2) is 0 Å². The molecule has 0 saturated heterocycles. The number of ether oxygens (including phenoxy) is 2. The fourth-order valence-electron chi connectivity index (χ4n) is 6.46. The summed E-state index contributed by atoms with van der Waals surface area (Å²) >= 11 is 0. The summed E-state index contributed by atoms with van der Waals surface area (Å²) in [7, 11) is 5.05. The molecular formula is C23H29N3O4. The van der Waals surface area contributed by atoms with Gasteiger partial charge in [0.2, 0.25) is 17.6 Å². The largest absolute Gasteiger partial charge is 0.493 e. The molecule has 4 bridgehead atoms. The number of nitrogens with zero attached hydrogens (tertiary/aromatic N) is 3. The molecular weight excluding hydrogens is 382 g/mol. The molecule has 0 atom stereocenters. The van der Waals surface area contributed by atoms with Crippen LogP contribution >= 0.6 is 0 Å². The number of aromatic nitrogens is 2. The normalized spacial score (nSPS) is 29.1. The van der Waals surface area contributed by atoms with Crippen LogP contribution in [0.3, 0.4) is 0 Å². The highest BCUT2D eigenvalue weighted by atomic mass is 16.5. The van der Waals surface area contributed by atoms with Gasteiger partial charge in [-0.05, 0) is 74.5 Å². The minimum Gasteiger partial charge on any atom is -0.493 e. The number of methoxy groups -OCH3 is 2. The minimum absolute atomic E-state index is 0.157. The summed E-state index contributed by atoms with van der Waals surface area (Å²) < 4.78 is 16.1. The lowest BCUT2D eigenvalue weighted by Gasteiger charge is -2.56. The number of benzene rings is 1. The van der Waals surface area contributed by atoms with Crippen LogP contribution in [0.4, 0.5) is 0 Å². The molecule has 0 radical (unpaired) electrons. The highest BCUT2D eigenvalue weighted by Gasteiger charge is 2.55. The molecule has 7 heteroatoms. The van der Waals surface area contributed by atoms with Gasteiger partial charge in [-0.15, -0.1) is 0 Å². The van der Waals surface area contributed by atoms with E-state index in [9.17, 15) is 4.79 Å². The molecule has 6 rings (SSSR count). The van der Waals surface area contributed by atoms with Crippen molar-refractivity contribution in [1.29, 1.82) is 0 Å². The molecule has 4 saturated carbocycles. The van der Waals surface area contributed by atoms with Crippen LogP contribution in [0.25, 0.3) is 11.4 Å². The molecule has 4 fully saturated rings. The smallest absolute Gasteiger partial charge is 0.246 e. The SMILES string of the molecule is COc1ccc(-c2noc(CN(C)C(=O)C34CC5CC(CC(C5)C3)C4)n2)cc1OC. The van der Waals surface area contributed by atoms with Crippen molar-refractivity contribution in [1.82, 2.24) is 15.0 Å². The molecule has 1 heterocycles. The standard InChI is InChI=1S/C23H29N3O4/c1-26(22(27)23-10-14-6-15(11-23)8-16(7-14)12-23)13-20-24-21(25-30-20)17-4-5-18(28-2)19(9-17)29-3/h4-5,9,14-16H,6-8,10-13H2,1-3H3. The molecule has 0 N–H and O–H groups in total. The zero-order chi connectivity index (χ0) is 20.9. The van der Waals surface area contributed by atoms with Crippen LogP contribution in [0.1, 0.15) is 44.4 Å². The number of carbonyl (C=O) groups excluding carboxylic acids is 1. The molecule has 0 aliphatic heterocycles. The van der Waals surface area contributed by atoms with Crippen LogP contribution in [0.2, 0.25) is 0 Å². The summed E-state index contributed by atoms with van der Waals surface area (Å²) in [6.45, 7) is 0.334. The summed E-state index contributed by atoms with van der Waals surface area (Å²) in [5.41, 5.74) is 0.619. The van der Waals surface area contributed by atoms with E-state index < -0.39 is 0 Å². The quantitative estimate of drug-likeness (QED) is 0.717. The molecule has 7 nitrogen and oxygen atoms in total. The Kier molecular flexibility index (Phi) is 4.71. The molecule has 160 valence electrons. The number of carbonyl (C=O) groups is 1. The minimum atomic E-state index is -0.157. The summed E-state index contributed by atoms with van der Waals surface area (Å²) in [5, 5.41) is 4.10. The van der Waals surface area contributed by atoms with Crippen molar-refractivity contribution in [2.45, 2.75) is 45.1 Å². The molecule has 30 heavy (non-hydrogen) atoms. The van der Waals surface area contributed by atoms with Gasteiger partial charge in [0.05, 0.1) is 26.2 Å². The first-order valence-electron chi connectivity index (χ1n) is 10.8. The number of hydrogen-bond acceptors (Lipinski definition) is 6. The third-order valence-electron chi connectivity index (χ3n) is 7.32. The van der Waals surface area contributed by atoms with E-state index in [0.29, 0.717) is 29.8 Å². The van der Waals surface area contributed by atoms with E-state index in [1.54, 1.807) is 19.1 Å². The van der Waals surface area contributed by atoms with Gasteiger partial charge in [0.1, 0.15) is 0 Å². The van der Waals surface area contributed by atoms with Crippen molar-refractivity contribution in [3.8, 4) is 22.9 Å². The molecule has 4 aliphatic carbocycles. The Hall–Kier alpha value is -2.57. The van der Waals surface area contributed by atoms with Crippen LogP contribution in [0, 0.1) is 23.2 Å². The maximum Gasteiger partial charge on any atom is 0.246 e. The monoisotopic (exact) mass is 411 g/mol. The first-order valence-corrected chi connectivity index (χ1v) is 10.8. The fourth-order valence-corrected chi connectivity index (χ4v) is 6.46. The van der Waals surface area contributed by atoms with E-state index in [1.165, 1.54) is 19.3 Å². The van der Waals surface area contributed by atoms with Gasteiger partial charge >= 0.3 is 0 Å². The van der Waals surface area contributed by atoms with E-state index in [2.05, 4.69) is 10.1 Å². The lowest BCUT2D eigenvalue weighted by atomic mass is 9.49. The van der Waals surface area contributed by atoms with E-state index >= 15 is 0 Å². The maximum absolute atomic E-state index is 13.4. The zero-order valence-electron chi connectivity index (χ0n) is 17.9. The summed E-state index contributed by atoms with van der Waals surface area (Å²) in [4.78, 5) is 19.7. The molecule has 0 unspecified atom stereocenters. The van der Waals surface area contributed by atoms with Gasteiger partial charge in [0.15, 0.2) is 11.5 Å². The van der Waals surface area contributed by atoms with Gasteiger partial charge in [0.25, 0.3) is 0 Å². The van der Waals surface area contributed by atoms with Crippen LogP contribution in [-0.2, 0) is 11.3 Å². The van der Waals surface area contributed by atoms with Gasteiger partial charge in [-0.3, -0.25) is 4.79 Å². The van der Waals surface area contributed by atoms with Crippen LogP contribution < -0.4 is 9.47 Å². The van der Waals surface area contributed by atoms with Gasteiger partial charge in [-0.1, -0.05) is 5.16 Å². The van der Waals surface area contributed by atoms with Gasteiger partial charge in [0, 0.05) is 12.6 Å². The predicted molar refractivity (Wildman–Crippen MR) is 110 cm³/mol. The first kappa shape index (κ1) is 19.4. The van der Waals surface area contributed by atoms with E-state index in [0.717, 1.165) is 42.6 Å². The van der Waals surface area contributed by atoms with Crippen molar-refractivity contribution in [3.05, 3.63) is 24.1 Å². The van der Waals surface area contributed by atoms with E-state index in [1.807, 2.05) is 25.2 Å². The third kappa shape index (κ3) is 3.24. The number of amides is 1. The van der Waals surface area contributed by atoms with Gasteiger partial charge in [-0.2, -0.15) is 4.98 Å². The second kappa shape index (κ2) is 7.29. The lowest BCUT2D eigenvalue weighted by Crippen LogP contribution is -2.53. The Balaban J connectivity index is 1.30. The maximum atomic E-state index is 13.4. The average molecular weight is 412 g/mol. The zero-order valence-corrected chi connectivity index (χ0v) is 17.9. The topological polar surface area (TPSA) is 77.7 Å². The lowest BCUT2D eigenvalue weighted by molar-refractivity contribution is -0.157. The Bertz CT molecular complexity index is 918.